The van der Waals surface area contributed by atoms with Crippen molar-refractivity contribution in [2.75, 3.05) is 0 Å². The second-order valence-electron chi connectivity index (χ2n) is 4.96. The predicted molar refractivity (Wildman–Crippen MR) is 85.6 cm³/mol. The van der Waals surface area contributed by atoms with E-state index in [0.717, 1.165) is 12.1 Å². The van der Waals surface area contributed by atoms with Gasteiger partial charge in [-0.05, 0) is 36.6 Å². The highest BCUT2D eigenvalue weighted by molar-refractivity contribution is 6.34. The topological polar surface area (TPSA) is 34.1 Å². The van der Waals surface area contributed by atoms with Crippen LogP contribution in [0.2, 0.25) is 15.1 Å². The second kappa shape index (κ2) is 6.41. The minimum Gasteiger partial charge on any atom is -0.436 e. The molecule has 1 N–H and O–H groups in total. The highest BCUT2D eigenvalue weighted by Gasteiger charge is 2.20. The van der Waals surface area contributed by atoms with E-state index in [9.17, 15) is 0 Å². The maximum absolute atomic E-state index is 6.21. The van der Waals surface area contributed by atoms with E-state index in [1.807, 2.05) is 6.07 Å². The molecule has 110 valence electrons. The van der Waals surface area contributed by atoms with E-state index in [-0.39, 0.29) is 0 Å². The molecule has 0 amide bonds. The molecule has 1 fully saturated rings. The fourth-order valence-electron chi connectivity index (χ4n) is 1.85. The number of pyridine rings is 1. The van der Waals surface area contributed by atoms with Crippen LogP contribution in [0.3, 0.4) is 0 Å². The summed E-state index contributed by atoms with van der Waals surface area (Å²) >= 11 is 18.2. The molecule has 0 atom stereocenters. The number of nitrogens with one attached hydrogen (secondary N) is 1. The van der Waals surface area contributed by atoms with Crippen molar-refractivity contribution in [1.82, 2.24) is 10.3 Å². The first-order chi connectivity index (χ1) is 10.1. The number of nitrogens with zero attached hydrogens (tertiary/aromatic N) is 1. The molecule has 1 aliphatic carbocycles. The molecule has 0 bridgehead atoms. The van der Waals surface area contributed by atoms with Gasteiger partial charge in [-0.15, -0.1) is 0 Å². The van der Waals surface area contributed by atoms with Crippen molar-refractivity contribution in [1.29, 1.82) is 0 Å². The number of halogens is 3. The Morgan fingerprint density at radius 2 is 1.95 bits per heavy atom. The Morgan fingerprint density at radius 1 is 1.14 bits per heavy atom. The molecule has 1 saturated carbocycles. The van der Waals surface area contributed by atoms with E-state index < -0.39 is 0 Å². The molecule has 0 unspecified atom stereocenters. The first-order valence-corrected chi connectivity index (χ1v) is 7.76. The van der Waals surface area contributed by atoms with Gasteiger partial charge in [0.05, 0.1) is 5.02 Å². The highest BCUT2D eigenvalue weighted by atomic mass is 35.5. The maximum Gasteiger partial charge on any atom is 0.238 e. The van der Waals surface area contributed by atoms with E-state index in [1.165, 1.54) is 12.8 Å². The van der Waals surface area contributed by atoms with E-state index >= 15 is 0 Å². The summed E-state index contributed by atoms with van der Waals surface area (Å²) in [5.74, 6) is 0.749. The Balaban J connectivity index is 1.74. The third-order valence-electron chi connectivity index (χ3n) is 3.14. The Labute approximate surface area is 138 Å². The Hall–Kier alpha value is -1.00. The van der Waals surface area contributed by atoms with Gasteiger partial charge in [-0.2, -0.15) is 0 Å². The fourth-order valence-corrected chi connectivity index (χ4v) is 2.39. The second-order valence-corrected chi connectivity index (χ2v) is 6.21. The minimum absolute atomic E-state index is 0.316. The van der Waals surface area contributed by atoms with Gasteiger partial charge in [0.15, 0.2) is 0 Å². The number of aromatic nitrogens is 1. The molecule has 2 aromatic rings. The number of ether oxygens (including phenoxy) is 1. The molecule has 0 radical (unpaired) electrons. The molecule has 6 heteroatoms. The van der Waals surface area contributed by atoms with E-state index in [0.29, 0.717) is 32.7 Å². The molecule has 0 spiro atoms. The van der Waals surface area contributed by atoms with E-state index in [1.54, 1.807) is 24.4 Å². The molecule has 1 heterocycles. The van der Waals surface area contributed by atoms with Crippen molar-refractivity contribution < 1.29 is 4.74 Å². The van der Waals surface area contributed by atoms with Gasteiger partial charge in [-0.1, -0.05) is 34.8 Å². The summed E-state index contributed by atoms with van der Waals surface area (Å²) in [5, 5.41) is 4.85. The lowest BCUT2D eigenvalue weighted by Gasteiger charge is -2.10. The third kappa shape index (κ3) is 4.01. The normalized spacial score (nSPS) is 14.2. The first-order valence-electron chi connectivity index (χ1n) is 6.62. The van der Waals surface area contributed by atoms with Crippen LogP contribution in [0, 0.1) is 0 Å². The van der Waals surface area contributed by atoms with Crippen molar-refractivity contribution in [3.05, 3.63) is 51.1 Å². The van der Waals surface area contributed by atoms with Gasteiger partial charge < -0.3 is 10.1 Å². The van der Waals surface area contributed by atoms with E-state index in [4.69, 9.17) is 39.5 Å². The van der Waals surface area contributed by atoms with Crippen molar-refractivity contribution in [2.45, 2.75) is 25.4 Å². The largest absolute Gasteiger partial charge is 0.436 e. The number of hydrogen-bond acceptors (Lipinski definition) is 3. The zero-order valence-electron chi connectivity index (χ0n) is 11.1. The van der Waals surface area contributed by atoms with E-state index in [2.05, 4.69) is 10.3 Å². The quantitative estimate of drug-likeness (QED) is 0.821. The molecule has 21 heavy (non-hydrogen) atoms. The van der Waals surface area contributed by atoms with Crippen molar-refractivity contribution in [2.24, 2.45) is 0 Å². The molecule has 0 aliphatic heterocycles. The molecule has 3 nitrogen and oxygen atoms in total. The molecule has 0 saturated heterocycles. The molecule has 1 aromatic carbocycles. The summed E-state index contributed by atoms with van der Waals surface area (Å²) in [4.78, 5) is 4.25. The van der Waals surface area contributed by atoms with Gasteiger partial charge in [-0.25, -0.2) is 4.98 Å². The molecule has 3 rings (SSSR count). The lowest BCUT2D eigenvalue weighted by molar-refractivity contribution is 0.463. The van der Waals surface area contributed by atoms with Crippen LogP contribution in [0.5, 0.6) is 11.6 Å². The molecule has 1 aromatic heterocycles. The van der Waals surface area contributed by atoms with Gasteiger partial charge in [0.2, 0.25) is 5.88 Å². The summed E-state index contributed by atoms with van der Waals surface area (Å²) in [6.07, 6.45) is 4.24. The maximum atomic E-state index is 6.21. The van der Waals surface area contributed by atoms with Crippen LogP contribution in [-0.4, -0.2) is 11.0 Å². The summed E-state index contributed by atoms with van der Waals surface area (Å²) < 4.78 is 5.63. The van der Waals surface area contributed by atoms with Crippen molar-refractivity contribution in [3.63, 3.8) is 0 Å². The Morgan fingerprint density at radius 3 is 2.67 bits per heavy atom. The van der Waals surface area contributed by atoms with Gasteiger partial charge in [0.25, 0.3) is 0 Å². The average molecular weight is 344 g/mol. The predicted octanol–water partition coefficient (Wildman–Crippen LogP) is 5.09. The molecule has 1 aliphatic rings. The Kier molecular flexibility index (Phi) is 4.55. The Bertz CT molecular complexity index is 659. The van der Waals surface area contributed by atoms with Crippen molar-refractivity contribution in [3.8, 4) is 11.6 Å². The van der Waals surface area contributed by atoms with Gasteiger partial charge >= 0.3 is 0 Å². The monoisotopic (exact) mass is 342 g/mol. The zero-order valence-corrected chi connectivity index (χ0v) is 13.3. The smallest absolute Gasteiger partial charge is 0.238 e. The standard InChI is InChI=1S/C15H13Cl3N2O/c16-10-1-4-12(17)14(6-10)21-15-13(18)5-9(8-20-15)7-19-11-2-3-11/h1,4-6,8,11,19H,2-3,7H2. The van der Waals surface area contributed by atoms with Crippen LogP contribution in [-0.2, 0) is 6.54 Å². The average Bonchev–Trinajstić information content (AvgIpc) is 3.27. The van der Waals surface area contributed by atoms with Crippen LogP contribution in [0.4, 0.5) is 0 Å². The van der Waals surface area contributed by atoms with Crippen LogP contribution < -0.4 is 10.1 Å². The zero-order chi connectivity index (χ0) is 14.8. The van der Waals surface area contributed by atoms with Gasteiger partial charge in [-0.3, -0.25) is 0 Å². The minimum atomic E-state index is 0.316. The number of benzene rings is 1. The first kappa shape index (κ1) is 14.9. The summed E-state index contributed by atoms with van der Waals surface area (Å²) in [7, 11) is 0. The van der Waals surface area contributed by atoms with Crippen molar-refractivity contribution >= 4 is 34.8 Å². The van der Waals surface area contributed by atoms with Crippen LogP contribution in [0.15, 0.2) is 30.5 Å². The van der Waals surface area contributed by atoms with Crippen LogP contribution >= 0.6 is 34.8 Å². The van der Waals surface area contributed by atoms with Crippen LogP contribution in [0.1, 0.15) is 18.4 Å². The summed E-state index contributed by atoms with van der Waals surface area (Å²) in [6.45, 7) is 0.760. The molecular weight excluding hydrogens is 331 g/mol. The lowest BCUT2D eigenvalue weighted by atomic mass is 10.3. The van der Waals surface area contributed by atoms with Gasteiger partial charge in [0.1, 0.15) is 10.8 Å². The fraction of sp³-hybridized carbons (Fsp3) is 0.267. The lowest BCUT2D eigenvalue weighted by Crippen LogP contribution is -2.15. The van der Waals surface area contributed by atoms with Gasteiger partial charge in [0, 0.05) is 29.9 Å². The van der Waals surface area contributed by atoms with Crippen LogP contribution in [0.25, 0.3) is 0 Å². The molecular formula is C15H13Cl3N2O. The SMILES string of the molecule is Clc1ccc(Cl)c(Oc2ncc(CNC3CC3)cc2Cl)c1. The summed E-state index contributed by atoms with van der Waals surface area (Å²) in [6, 6.07) is 7.48. The summed E-state index contributed by atoms with van der Waals surface area (Å²) in [5.41, 5.74) is 1.02. The number of rotatable bonds is 5. The highest BCUT2D eigenvalue weighted by Crippen LogP contribution is 2.34. The number of hydrogen-bond donors (Lipinski definition) is 1. The third-order valence-corrected chi connectivity index (χ3v) is 3.95.